The second-order valence-electron chi connectivity index (χ2n) is 6.53. The lowest BCUT2D eigenvalue weighted by Gasteiger charge is -2.15. The van der Waals surface area contributed by atoms with E-state index in [1.54, 1.807) is 26.0 Å². The third-order valence-corrected chi connectivity index (χ3v) is 4.26. The Hall–Kier alpha value is -2.21. The number of carbonyl (C=O) groups excluding carboxylic acids is 2. The summed E-state index contributed by atoms with van der Waals surface area (Å²) in [6.07, 6.45) is -0.856. The van der Waals surface area contributed by atoms with E-state index in [0.29, 0.717) is 23.7 Å². The first-order valence-corrected chi connectivity index (χ1v) is 9.29. The average Bonchev–Trinajstić information content (AvgIpc) is 2.59. The van der Waals surface area contributed by atoms with Crippen molar-refractivity contribution >= 4 is 27.8 Å². The number of pyridine rings is 1. The first-order chi connectivity index (χ1) is 12.3. The number of ether oxygens (including phenoxy) is 1. The Balaban J connectivity index is 2.09. The van der Waals surface area contributed by atoms with Gasteiger partial charge in [-0.2, -0.15) is 0 Å². The van der Waals surface area contributed by atoms with Crippen LogP contribution < -0.4 is 5.32 Å². The van der Waals surface area contributed by atoms with Crippen molar-refractivity contribution in [3.05, 3.63) is 52.1 Å². The van der Waals surface area contributed by atoms with Crippen LogP contribution in [0, 0.1) is 12.8 Å². The molecule has 0 spiro atoms. The highest BCUT2D eigenvalue weighted by Crippen LogP contribution is 2.23. The van der Waals surface area contributed by atoms with Crippen molar-refractivity contribution in [1.29, 1.82) is 0 Å². The van der Waals surface area contributed by atoms with E-state index < -0.39 is 12.1 Å². The number of aromatic nitrogens is 1. The summed E-state index contributed by atoms with van der Waals surface area (Å²) in [5.41, 5.74) is 2.63. The Morgan fingerprint density at radius 1 is 1.19 bits per heavy atom. The van der Waals surface area contributed by atoms with E-state index in [9.17, 15) is 9.59 Å². The molecule has 0 aliphatic heterocycles. The highest BCUT2D eigenvalue weighted by molar-refractivity contribution is 9.10. The predicted molar refractivity (Wildman–Crippen MR) is 105 cm³/mol. The molecule has 2 aromatic rings. The van der Waals surface area contributed by atoms with Crippen LogP contribution in [0.1, 0.15) is 36.8 Å². The molecule has 0 saturated carbocycles. The second-order valence-corrected chi connectivity index (χ2v) is 7.44. The molecule has 138 valence electrons. The predicted octanol–water partition coefficient (Wildman–Crippen LogP) is 4.14. The van der Waals surface area contributed by atoms with Gasteiger partial charge in [-0.3, -0.25) is 9.78 Å². The Morgan fingerprint density at radius 3 is 2.54 bits per heavy atom. The molecular weight excluding hydrogens is 396 g/mol. The van der Waals surface area contributed by atoms with Gasteiger partial charge >= 0.3 is 5.97 Å². The van der Waals surface area contributed by atoms with Gasteiger partial charge in [0.15, 0.2) is 6.10 Å². The van der Waals surface area contributed by atoms with Crippen LogP contribution in [-0.2, 0) is 9.53 Å². The van der Waals surface area contributed by atoms with E-state index in [1.807, 2.05) is 38.1 Å². The summed E-state index contributed by atoms with van der Waals surface area (Å²) in [5.74, 6) is -0.523. The number of nitrogens with zero attached hydrogens (tertiary/aromatic N) is 1. The number of halogens is 1. The Morgan fingerprint density at radius 2 is 1.92 bits per heavy atom. The zero-order valence-corrected chi connectivity index (χ0v) is 17.0. The molecule has 26 heavy (non-hydrogen) atoms. The Bertz CT molecular complexity index is 805. The molecule has 5 nitrogen and oxygen atoms in total. The van der Waals surface area contributed by atoms with Crippen LogP contribution in [0.2, 0.25) is 0 Å². The largest absolute Gasteiger partial charge is 0.449 e. The molecule has 0 aliphatic carbocycles. The minimum Gasteiger partial charge on any atom is -0.449 e. The van der Waals surface area contributed by atoms with Crippen molar-refractivity contribution in [1.82, 2.24) is 10.3 Å². The van der Waals surface area contributed by atoms with Crippen molar-refractivity contribution in [2.45, 2.75) is 33.8 Å². The maximum Gasteiger partial charge on any atom is 0.340 e. The zero-order valence-electron chi connectivity index (χ0n) is 15.4. The molecule has 0 saturated heterocycles. The summed E-state index contributed by atoms with van der Waals surface area (Å²) in [6.45, 7) is 7.86. The van der Waals surface area contributed by atoms with E-state index >= 15 is 0 Å². The van der Waals surface area contributed by atoms with Crippen molar-refractivity contribution < 1.29 is 14.3 Å². The standard InChI is InChI=1S/C20H23BrN2O3/c1-12(2)11-22-19(24)14(4)26-20(25)17-8-9-18(23-13(17)3)15-6-5-7-16(21)10-15/h5-10,12,14H,11H2,1-4H3,(H,22,24). The van der Waals surface area contributed by atoms with E-state index in [0.717, 1.165) is 15.7 Å². The third kappa shape index (κ3) is 5.39. The van der Waals surface area contributed by atoms with Gasteiger partial charge in [0.25, 0.3) is 5.91 Å². The molecule has 1 unspecified atom stereocenters. The van der Waals surface area contributed by atoms with Gasteiger partial charge < -0.3 is 10.1 Å². The first-order valence-electron chi connectivity index (χ1n) is 8.50. The molecule has 1 aromatic heterocycles. The van der Waals surface area contributed by atoms with Crippen LogP contribution in [-0.4, -0.2) is 29.5 Å². The van der Waals surface area contributed by atoms with Gasteiger partial charge in [-0.05, 0) is 44.0 Å². The number of hydrogen-bond acceptors (Lipinski definition) is 4. The van der Waals surface area contributed by atoms with Crippen LogP contribution in [0.4, 0.5) is 0 Å². The molecule has 1 N–H and O–H groups in total. The van der Waals surface area contributed by atoms with E-state index in [1.165, 1.54) is 0 Å². The summed E-state index contributed by atoms with van der Waals surface area (Å²) in [5, 5.41) is 2.75. The summed E-state index contributed by atoms with van der Waals surface area (Å²) >= 11 is 3.44. The van der Waals surface area contributed by atoms with Gasteiger partial charge in [-0.1, -0.05) is 41.9 Å². The molecule has 1 heterocycles. The molecule has 0 bridgehead atoms. The number of amides is 1. The van der Waals surface area contributed by atoms with Gasteiger partial charge in [0.1, 0.15) is 0 Å². The molecule has 0 fully saturated rings. The second kappa shape index (κ2) is 8.94. The summed E-state index contributed by atoms with van der Waals surface area (Å²) in [6, 6.07) is 11.2. The number of rotatable bonds is 6. The Labute approximate surface area is 162 Å². The Kier molecular flexibility index (Phi) is 6.91. The molecule has 0 radical (unpaired) electrons. The van der Waals surface area contributed by atoms with Crippen LogP contribution in [0.5, 0.6) is 0 Å². The van der Waals surface area contributed by atoms with E-state index in [2.05, 4.69) is 26.2 Å². The first kappa shape index (κ1) is 20.1. The average molecular weight is 419 g/mol. The minimum absolute atomic E-state index is 0.302. The molecule has 0 aliphatic rings. The fourth-order valence-corrected chi connectivity index (χ4v) is 2.71. The van der Waals surface area contributed by atoms with Gasteiger partial charge in [0.2, 0.25) is 0 Å². The van der Waals surface area contributed by atoms with Gasteiger partial charge in [-0.15, -0.1) is 0 Å². The smallest absolute Gasteiger partial charge is 0.340 e. The quantitative estimate of drug-likeness (QED) is 0.715. The fraction of sp³-hybridized carbons (Fsp3) is 0.350. The maximum absolute atomic E-state index is 12.4. The topological polar surface area (TPSA) is 68.3 Å². The SMILES string of the molecule is Cc1nc(-c2cccc(Br)c2)ccc1C(=O)OC(C)C(=O)NCC(C)C. The molecular formula is C20H23BrN2O3. The van der Waals surface area contributed by atoms with Crippen molar-refractivity contribution in [3.63, 3.8) is 0 Å². The van der Waals surface area contributed by atoms with Crippen molar-refractivity contribution in [2.75, 3.05) is 6.54 Å². The van der Waals surface area contributed by atoms with Gasteiger partial charge in [0, 0.05) is 16.6 Å². The summed E-state index contributed by atoms with van der Waals surface area (Å²) < 4.78 is 6.24. The van der Waals surface area contributed by atoms with Gasteiger partial charge in [0.05, 0.1) is 17.0 Å². The zero-order chi connectivity index (χ0) is 19.3. The van der Waals surface area contributed by atoms with Gasteiger partial charge in [-0.25, -0.2) is 4.79 Å². The summed E-state index contributed by atoms with van der Waals surface area (Å²) in [4.78, 5) is 28.8. The van der Waals surface area contributed by atoms with Crippen molar-refractivity contribution in [3.8, 4) is 11.3 Å². The third-order valence-electron chi connectivity index (χ3n) is 3.76. The number of esters is 1. The molecule has 2 rings (SSSR count). The highest BCUT2D eigenvalue weighted by atomic mass is 79.9. The van der Waals surface area contributed by atoms with Crippen molar-refractivity contribution in [2.24, 2.45) is 5.92 Å². The van der Waals surface area contributed by atoms with E-state index in [4.69, 9.17) is 4.74 Å². The lowest BCUT2D eigenvalue weighted by atomic mass is 10.1. The number of benzene rings is 1. The van der Waals surface area contributed by atoms with Crippen LogP contribution >= 0.6 is 15.9 Å². The van der Waals surface area contributed by atoms with E-state index in [-0.39, 0.29) is 5.91 Å². The summed E-state index contributed by atoms with van der Waals surface area (Å²) in [7, 11) is 0. The lowest BCUT2D eigenvalue weighted by molar-refractivity contribution is -0.129. The number of carbonyl (C=O) groups is 2. The number of hydrogen-bond donors (Lipinski definition) is 1. The minimum atomic E-state index is -0.856. The number of nitrogens with one attached hydrogen (secondary N) is 1. The molecule has 1 amide bonds. The highest BCUT2D eigenvalue weighted by Gasteiger charge is 2.20. The van der Waals surface area contributed by atoms with Crippen LogP contribution in [0.25, 0.3) is 11.3 Å². The van der Waals surface area contributed by atoms with Crippen LogP contribution in [0.15, 0.2) is 40.9 Å². The van der Waals surface area contributed by atoms with Crippen LogP contribution in [0.3, 0.4) is 0 Å². The molecule has 1 atom stereocenters. The molecule has 6 heteroatoms. The molecule has 1 aromatic carbocycles. The monoisotopic (exact) mass is 418 g/mol. The maximum atomic E-state index is 12.4. The lowest BCUT2D eigenvalue weighted by Crippen LogP contribution is -2.37. The fourth-order valence-electron chi connectivity index (χ4n) is 2.31. The normalized spacial score (nSPS) is 11.9. The number of aryl methyl sites for hydroxylation is 1.